The number of carbonyl (C=O) groups is 1. The Morgan fingerprint density at radius 3 is 2.47 bits per heavy atom. The molecule has 0 aromatic heterocycles. The van der Waals surface area contributed by atoms with E-state index < -0.39 is 0 Å². The van der Waals surface area contributed by atoms with Gasteiger partial charge in [-0.15, -0.1) is 0 Å². The Hall–Kier alpha value is -1.35. The van der Waals surface area contributed by atoms with Gasteiger partial charge >= 0.3 is 0 Å². The maximum atomic E-state index is 10.6. The third kappa shape index (κ3) is 3.72. The molecule has 1 aromatic carbocycles. The summed E-state index contributed by atoms with van der Waals surface area (Å²) >= 11 is 0. The third-order valence-corrected chi connectivity index (χ3v) is 2.67. The van der Waals surface area contributed by atoms with E-state index in [2.05, 4.69) is 31.3 Å². The molecule has 3 N–H and O–H groups in total. The van der Waals surface area contributed by atoms with E-state index in [4.69, 9.17) is 5.73 Å². The standard InChI is InChI=1S/C12H18N2O/c1-9(10(2)14-8-12(13)15)11-6-4-3-5-7-11/h3-7,9-10,14H,8H2,1-2H3,(H2,13,15)/t9-,10-/m0/s1. The molecule has 0 aliphatic carbocycles. The number of nitrogens with two attached hydrogens (primary N) is 1. The van der Waals surface area contributed by atoms with Crippen LogP contribution in [0.4, 0.5) is 0 Å². The van der Waals surface area contributed by atoms with Crippen molar-refractivity contribution in [3.05, 3.63) is 35.9 Å². The number of benzene rings is 1. The molecule has 0 heterocycles. The van der Waals surface area contributed by atoms with Crippen molar-refractivity contribution < 1.29 is 4.79 Å². The van der Waals surface area contributed by atoms with E-state index in [1.807, 2.05) is 18.2 Å². The van der Waals surface area contributed by atoms with Crippen LogP contribution < -0.4 is 11.1 Å². The van der Waals surface area contributed by atoms with Crippen LogP contribution in [0.5, 0.6) is 0 Å². The second kappa shape index (κ2) is 5.51. The van der Waals surface area contributed by atoms with Crippen molar-refractivity contribution in [2.45, 2.75) is 25.8 Å². The van der Waals surface area contributed by atoms with Gasteiger partial charge < -0.3 is 11.1 Å². The van der Waals surface area contributed by atoms with Crippen molar-refractivity contribution in [1.82, 2.24) is 5.32 Å². The van der Waals surface area contributed by atoms with E-state index in [1.165, 1.54) is 5.56 Å². The summed E-state index contributed by atoms with van der Waals surface area (Å²) in [6.45, 7) is 4.42. The van der Waals surface area contributed by atoms with Crippen LogP contribution in [0.1, 0.15) is 25.3 Å². The van der Waals surface area contributed by atoms with Crippen LogP contribution in [0.2, 0.25) is 0 Å². The fourth-order valence-electron chi connectivity index (χ4n) is 1.48. The largest absolute Gasteiger partial charge is 0.369 e. The number of hydrogen-bond donors (Lipinski definition) is 2. The van der Waals surface area contributed by atoms with Gasteiger partial charge in [-0.05, 0) is 18.4 Å². The zero-order valence-corrected chi connectivity index (χ0v) is 9.23. The molecule has 2 atom stereocenters. The second-order valence-corrected chi connectivity index (χ2v) is 3.84. The Morgan fingerprint density at radius 1 is 1.33 bits per heavy atom. The van der Waals surface area contributed by atoms with Gasteiger partial charge in [0.05, 0.1) is 6.54 Å². The van der Waals surface area contributed by atoms with Crippen LogP contribution >= 0.6 is 0 Å². The Morgan fingerprint density at radius 2 is 1.93 bits per heavy atom. The molecule has 0 unspecified atom stereocenters. The van der Waals surface area contributed by atoms with Crippen molar-refractivity contribution in [2.75, 3.05) is 6.54 Å². The zero-order chi connectivity index (χ0) is 11.3. The summed E-state index contributed by atoms with van der Waals surface area (Å²) in [5.74, 6) is 0.0488. The molecule has 0 saturated carbocycles. The topological polar surface area (TPSA) is 55.1 Å². The first-order valence-corrected chi connectivity index (χ1v) is 5.18. The average molecular weight is 206 g/mol. The molecule has 0 aliphatic rings. The van der Waals surface area contributed by atoms with Crippen LogP contribution in [0.15, 0.2) is 30.3 Å². The lowest BCUT2D eigenvalue weighted by atomic mass is 9.94. The van der Waals surface area contributed by atoms with E-state index in [0.717, 1.165) is 0 Å². The predicted molar refractivity (Wildman–Crippen MR) is 61.5 cm³/mol. The van der Waals surface area contributed by atoms with E-state index >= 15 is 0 Å². The lowest BCUT2D eigenvalue weighted by Crippen LogP contribution is -2.37. The highest BCUT2D eigenvalue weighted by Crippen LogP contribution is 2.18. The molecule has 3 nitrogen and oxygen atoms in total. The summed E-state index contributed by atoms with van der Waals surface area (Å²) in [6.07, 6.45) is 0. The van der Waals surface area contributed by atoms with Gasteiger partial charge in [-0.2, -0.15) is 0 Å². The van der Waals surface area contributed by atoms with E-state index in [0.29, 0.717) is 5.92 Å². The summed E-state index contributed by atoms with van der Waals surface area (Å²) in [5, 5.41) is 3.11. The number of nitrogens with one attached hydrogen (secondary N) is 1. The number of carbonyl (C=O) groups excluding carboxylic acids is 1. The van der Waals surface area contributed by atoms with Crippen molar-refractivity contribution in [2.24, 2.45) is 5.73 Å². The lowest BCUT2D eigenvalue weighted by molar-refractivity contribution is -0.117. The molecule has 0 fully saturated rings. The van der Waals surface area contributed by atoms with Gasteiger partial charge in [-0.25, -0.2) is 0 Å². The monoisotopic (exact) mass is 206 g/mol. The molecule has 0 aliphatic heterocycles. The maximum Gasteiger partial charge on any atom is 0.231 e. The summed E-state index contributed by atoms with van der Waals surface area (Å²) in [4.78, 5) is 10.6. The van der Waals surface area contributed by atoms with Crippen molar-refractivity contribution >= 4 is 5.91 Å². The van der Waals surface area contributed by atoms with E-state index in [1.54, 1.807) is 0 Å². The number of rotatable bonds is 5. The first-order chi connectivity index (χ1) is 7.11. The maximum absolute atomic E-state index is 10.6. The Labute approximate surface area is 90.7 Å². The highest BCUT2D eigenvalue weighted by Gasteiger charge is 2.13. The minimum Gasteiger partial charge on any atom is -0.369 e. The highest BCUT2D eigenvalue weighted by atomic mass is 16.1. The normalized spacial score (nSPS) is 14.5. The molecule has 15 heavy (non-hydrogen) atoms. The zero-order valence-electron chi connectivity index (χ0n) is 9.23. The van der Waals surface area contributed by atoms with Crippen LogP contribution in [0.25, 0.3) is 0 Å². The first-order valence-electron chi connectivity index (χ1n) is 5.18. The van der Waals surface area contributed by atoms with Gasteiger partial charge in [0.15, 0.2) is 0 Å². The van der Waals surface area contributed by atoms with Gasteiger partial charge in [0.25, 0.3) is 0 Å². The van der Waals surface area contributed by atoms with Gasteiger partial charge in [0.2, 0.25) is 5.91 Å². The lowest BCUT2D eigenvalue weighted by Gasteiger charge is -2.21. The van der Waals surface area contributed by atoms with Crippen LogP contribution in [0.3, 0.4) is 0 Å². The van der Waals surface area contributed by atoms with E-state index in [9.17, 15) is 4.79 Å². The Kier molecular flexibility index (Phi) is 4.31. The van der Waals surface area contributed by atoms with Crippen molar-refractivity contribution in [1.29, 1.82) is 0 Å². The number of hydrogen-bond acceptors (Lipinski definition) is 2. The van der Waals surface area contributed by atoms with Gasteiger partial charge in [-0.3, -0.25) is 4.79 Å². The van der Waals surface area contributed by atoms with Gasteiger partial charge in [-0.1, -0.05) is 37.3 Å². The van der Waals surface area contributed by atoms with Gasteiger partial charge in [0, 0.05) is 6.04 Å². The Balaban J connectivity index is 2.53. The first kappa shape index (κ1) is 11.7. The predicted octanol–water partition coefficient (Wildman–Crippen LogP) is 1.25. The fraction of sp³-hybridized carbons (Fsp3) is 0.417. The van der Waals surface area contributed by atoms with Crippen molar-refractivity contribution in [3.63, 3.8) is 0 Å². The molecule has 82 valence electrons. The van der Waals surface area contributed by atoms with Gasteiger partial charge in [0.1, 0.15) is 0 Å². The number of primary amides is 1. The molecule has 3 heteroatoms. The molecule has 0 radical (unpaired) electrons. The molecule has 1 rings (SSSR count). The van der Waals surface area contributed by atoms with Crippen LogP contribution in [0, 0.1) is 0 Å². The minimum absolute atomic E-state index is 0.234. The molecule has 1 amide bonds. The fourth-order valence-corrected chi connectivity index (χ4v) is 1.48. The quantitative estimate of drug-likeness (QED) is 0.762. The average Bonchev–Trinajstić information content (AvgIpc) is 2.26. The summed E-state index contributed by atoms with van der Waals surface area (Å²) in [7, 11) is 0. The van der Waals surface area contributed by atoms with Crippen LogP contribution in [-0.4, -0.2) is 18.5 Å². The third-order valence-electron chi connectivity index (χ3n) is 2.67. The van der Waals surface area contributed by atoms with Crippen LogP contribution in [-0.2, 0) is 4.79 Å². The smallest absolute Gasteiger partial charge is 0.231 e. The molecular formula is C12H18N2O. The molecule has 0 spiro atoms. The second-order valence-electron chi connectivity index (χ2n) is 3.84. The van der Waals surface area contributed by atoms with Crippen molar-refractivity contribution in [3.8, 4) is 0 Å². The highest BCUT2D eigenvalue weighted by molar-refractivity contribution is 5.75. The molecule has 0 saturated heterocycles. The SMILES string of the molecule is C[C@H](NCC(N)=O)[C@H](C)c1ccccc1. The molecular weight excluding hydrogens is 188 g/mol. The van der Waals surface area contributed by atoms with E-state index in [-0.39, 0.29) is 18.5 Å². The minimum atomic E-state index is -0.317. The summed E-state index contributed by atoms with van der Waals surface area (Å²) in [5.41, 5.74) is 6.34. The summed E-state index contributed by atoms with van der Waals surface area (Å²) < 4.78 is 0. The molecule has 0 bridgehead atoms. The number of amides is 1. The Bertz CT molecular complexity index is 311. The summed E-state index contributed by atoms with van der Waals surface area (Å²) in [6, 6.07) is 10.5. The molecule has 1 aromatic rings.